The molecule has 0 N–H and O–H groups in total. The summed E-state index contributed by atoms with van der Waals surface area (Å²) in [6.45, 7) is 73.3. The third-order valence-corrected chi connectivity index (χ3v) is 48.2. The van der Waals surface area contributed by atoms with Crippen molar-refractivity contribution in [1.82, 2.24) is 0 Å². The van der Waals surface area contributed by atoms with Crippen LogP contribution in [0.3, 0.4) is 0 Å². The standard InChI is InChI=1S/C32H58.C32H54.C31H54.C28H48O2/c2*1-9-24(21(2)3)11-10-23(6)28-14-15-29-27-13-12-26-20-25(22(4)5)16-18-31(26,7)30(27)17-19-32(28,29)8;1-20(2)22(5)9-10-23(6)27-13-14-28-26-12-11-25-19-24(21(3)4)15-17-30(25,7)29(26)16-18-31(27,28)8;1-18(2)20-13-15-27(4)21(17-20)8-9-22-24-11-10-23(19(3)7-12-26(29)30-6)28(24,5)16-14-25(22)27/h21-30H,9-20H2,1-8H3;10-12,21-25,27-30H,9,13-20H2,1-8H3;11,20-24,26-29H,9-10,12-19H2,1-8H3;18-25H,7-17H2,1-6H3/b;11-10+;;. The summed E-state index contributed by atoms with van der Waals surface area (Å²) in [5.41, 5.74) is 8.45. The molecule has 0 spiro atoms. The van der Waals surface area contributed by atoms with E-state index < -0.39 is 0 Å². The number of esters is 1. The maximum atomic E-state index is 11.7. The van der Waals surface area contributed by atoms with Crippen LogP contribution in [0.25, 0.3) is 0 Å². The Morgan fingerprint density at radius 2 is 0.712 bits per heavy atom. The average molecular weight is 1730 g/mol. The van der Waals surface area contributed by atoms with Gasteiger partial charge in [0.2, 0.25) is 0 Å². The van der Waals surface area contributed by atoms with E-state index in [0.717, 1.165) is 214 Å². The van der Waals surface area contributed by atoms with Crippen molar-refractivity contribution in [2.45, 2.75) is 470 Å². The number of carbonyl (C=O) groups is 1. The summed E-state index contributed by atoms with van der Waals surface area (Å²) in [4.78, 5) is 11.7. The van der Waals surface area contributed by atoms with Crippen LogP contribution in [0.15, 0.2) is 35.5 Å². The zero-order valence-electron chi connectivity index (χ0n) is 89.1. The number of allylic oxidation sites excluding steroid dienone is 6. The smallest absolute Gasteiger partial charge is 0.305 e. The van der Waals surface area contributed by atoms with E-state index >= 15 is 0 Å². The van der Waals surface area contributed by atoms with E-state index in [-0.39, 0.29) is 5.97 Å². The molecule has 16 aliphatic rings. The number of rotatable bonds is 24. The normalized spacial score (nSPS) is 45.2. The number of hydrogen-bond donors (Lipinski definition) is 0. The quantitative estimate of drug-likeness (QED) is 0.0711. The van der Waals surface area contributed by atoms with Gasteiger partial charge in [-0.2, -0.15) is 0 Å². The van der Waals surface area contributed by atoms with Crippen molar-refractivity contribution < 1.29 is 9.53 Å². The number of methoxy groups -OCH3 is 1. The number of fused-ring (bicyclic) bond motifs is 20. The summed E-state index contributed by atoms with van der Waals surface area (Å²) < 4.78 is 4.91. The molecular weight excluding hydrogens is 1510 g/mol. The predicted octanol–water partition coefficient (Wildman–Crippen LogP) is 36.8. The molecule has 14 saturated carbocycles. The lowest BCUT2D eigenvalue weighted by Gasteiger charge is -2.61. The Labute approximate surface area is 779 Å². The summed E-state index contributed by atoms with van der Waals surface area (Å²) in [6, 6.07) is 0. The van der Waals surface area contributed by atoms with Gasteiger partial charge in [-0.05, 0) is 494 Å². The molecule has 0 bridgehead atoms. The van der Waals surface area contributed by atoms with Gasteiger partial charge in [-0.15, -0.1) is 0 Å². The van der Waals surface area contributed by atoms with Crippen molar-refractivity contribution in [3.05, 3.63) is 35.5 Å². The highest BCUT2D eigenvalue weighted by Crippen LogP contribution is 2.74. The Morgan fingerprint density at radius 1 is 0.352 bits per heavy atom. The summed E-state index contributed by atoms with van der Waals surface area (Å²) in [7, 11) is 1.52. The molecule has 37 unspecified atom stereocenters. The molecule has 16 rings (SSSR count). The van der Waals surface area contributed by atoms with Crippen LogP contribution in [-0.4, -0.2) is 13.1 Å². The van der Waals surface area contributed by atoms with Gasteiger partial charge in [-0.1, -0.05) is 262 Å². The molecule has 718 valence electrons. The van der Waals surface area contributed by atoms with Crippen molar-refractivity contribution >= 4 is 5.97 Å². The molecule has 2 nitrogen and oxygen atoms in total. The van der Waals surface area contributed by atoms with Gasteiger partial charge in [0.15, 0.2) is 0 Å². The van der Waals surface area contributed by atoms with E-state index in [4.69, 9.17) is 4.74 Å². The second kappa shape index (κ2) is 40.9. The molecule has 0 saturated heterocycles. The van der Waals surface area contributed by atoms with Crippen LogP contribution in [0.5, 0.6) is 0 Å². The minimum absolute atomic E-state index is 0.0338. The van der Waals surface area contributed by atoms with Crippen LogP contribution in [0.4, 0.5) is 0 Å². The predicted molar refractivity (Wildman–Crippen MR) is 541 cm³/mol. The second-order valence-corrected chi connectivity index (χ2v) is 55.2. The van der Waals surface area contributed by atoms with E-state index in [2.05, 4.69) is 225 Å². The first-order valence-electron chi connectivity index (χ1n) is 57.1. The van der Waals surface area contributed by atoms with Gasteiger partial charge >= 0.3 is 5.97 Å². The third kappa shape index (κ3) is 19.8. The first kappa shape index (κ1) is 101. The molecule has 2 heteroatoms. The minimum Gasteiger partial charge on any atom is -0.469 e. The maximum Gasteiger partial charge on any atom is 0.305 e. The lowest BCUT2D eigenvalue weighted by atomic mass is 9.43. The lowest BCUT2D eigenvalue weighted by molar-refractivity contribution is -0.141. The highest BCUT2D eigenvalue weighted by atomic mass is 16.5. The van der Waals surface area contributed by atoms with Crippen molar-refractivity contribution in [1.29, 1.82) is 0 Å². The molecular formula is C123H214O2. The summed E-state index contributed by atoms with van der Waals surface area (Å²) in [5.74, 6) is 33.1. The number of hydrogen-bond acceptors (Lipinski definition) is 2. The van der Waals surface area contributed by atoms with Crippen molar-refractivity contribution in [3.63, 3.8) is 0 Å². The highest BCUT2D eigenvalue weighted by Gasteiger charge is 2.66. The summed E-state index contributed by atoms with van der Waals surface area (Å²) >= 11 is 0. The molecule has 16 aliphatic carbocycles. The largest absolute Gasteiger partial charge is 0.469 e. The van der Waals surface area contributed by atoms with Crippen LogP contribution in [0.2, 0.25) is 0 Å². The Balaban J connectivity index is 0.000000143. The van der Waals surface area contributed by atoms with Crippen molar-refractivity contribution in [3.8, 4) is 0 Å². The van der Waals surface area contributed by atoms with E-state index in [0.29, 0.717) is 55.7 Å². The lowest BCUT2D eigenvalue weighted by Crippen LogP contribution is -2.54. The Hall–Kier alpha value is -1.31. The van der Waals surface area contributed by atoms with Gasteiger partial charge in [0.05, 0.1) is 7.11 Å². The second-order valence-electron chi connectivity index (χ2n) is 55.2. The average Bonchev–Trinajstić information content (AvgIpc) is 1.71. The minimum atomic E-state index is -0.0338. The Morgan fingerprint density at radius 3 is 1.09 bits per heavy atom. The molecule has 37 atom stereocenters. The fraction of sp³-hybridized carbons (Fsp3) is 0.943. The van der Waals surface area contributed by atoms with Crippen molar-refractivity contribution in [2.75, 3.05) is 7.11 Å². The van der Waals surface area contributed by atoms with Crippen LogP contribution in [-0.2, 0) is 9.53 Å². The number of carbonyl (C=O) groups excluding carboxylic acids is 1. The topological polar surface area (TPSA) is 26.3 Å². The first-order valence-corrected chi connectivity index (χ1v) is 57.1. The zero-order chi connectivity index (χ0) is 90.8. The van der Waals surface area contributed by atoms with Crippen molar-refractivity contribution in [2.24, 2.45) is 256 Å². The molecule has 0 heterocycles. The third-order valence-electron chi connectivity index (χ3n) is 48.2. The van der Waals surface area contributed by atoms with E-state index in [1.54, 1.807) is 51.4 Å². The van der Waals surface area contributed by atoms with Crippen LogP contribution >= 0.6 is 0 Å². The summed E-state index contributed by atoms with van der Waals surface area (Å²) in [6.07, 6.45) is 71.5. The maximum absolute atomic E-state index is 11.7. The summed E-state index contributed by atoms with van der Waals surface area (Å²) in [5, 5.41) is 0. The molecule has 125 heavy (non-hydrogen) atoms. The van der Waals surface area contributed by atoms with E-state index in [1.165, 1.54) is 213 Å². The molecule has 0 aromatic rings. The molecule has 14 fully saturated rings. The Bertz CT molecular complexity index is 3520. The molecule has 0 radical (unpaired) electrons. The monoisotopic (exact) mass is 1720 g/mol. The fourth-order valence-electron chi connectivity index (χ4n) is 38.8. The zero-order valence-corrected chi connectivity index (χ0v) is 89.1. The van der Waals surface area contributed by atoms with Crippen LogP contribution in [0, 0.1) is 256 Å². The first-order chi connectivity index (χ1) is 59.0. The van der Waals surface area contributed by atoms with Gasteiger partial charge in [0.1, 0.15) is 0 Å². The van der Waals surface area contributed by atoms with Gasteiger partial charge in [-0.3, -0.25) is 4.79 Å². The van der Waals surface area contributed by atoms with Gasteiger partial charge in [0, 0.05) is 6.42 Å². The molecule has 0 amide bonds. The molecule has 0 aliphatic heterocycles. The molecule has 0 aromatic carbocycles. The highest BCUT2D eigenvalue weighted by molar-refractivity contribution is 5.69. The number of ether oxygens (including phenoxy) is 1. The van der Waals surface area contributed by atoms with Gasteiger partial charge < -0.3 is 4.74 Å². The molecule has 0 aromatic heterocycles. The van der Waals surface area contributed by atoms with Gasteiger partial charge in [0.25, 0.3) is 0 Å². The van der Waals surface area contributed by atoms with Crippen LogP contribution < -0.4 is 0 Å². The van der Waals surface area contributed by atoms with E-state index in [9.17, 15) is 4.79 Å². The van der Waals surface area contributed by atoms with E-state index in [1.807, 2.05) is 11.1 Å². The van der Waals surface area contributed by atoms with Crippen LogP contribution in [0.1, 0.15) is 470 Å². The fourth-order valence-corrected chi connectivity index (χ4v) is 38.8. The van der Waals surface area contributed by atoms with Gasteiger partial charge in [-0.25, -0.2) is 0 Å². The Kier molecular flexibility index (Phi) is 33.1. The SMILES string of the molecule is CC(C)C(C)CCC(C)C1CCC2C3CC=C4CC(C(C)C)CCC4(C)C3CCC12C.CCC(/C=C/C(C)C1CCC2C3CC=C4CC(C(C)C)CCC4(C)C3CCC12C)C(C)C.CCC(CCC(C)C1CCC2C3CCC4CC(C(C)C)CCC4(C)C3CCC12C)C(C)C.COC(=O)CCC(C)C1CCC2C3CCC4CC(C(C)C)CCC4(C)C3CCC12C.